The van der Waals surface area contributed by atoms with Crippen molar-refractivity contribution in [2.24, 2.45) is 0 Å². The Labute approximate surface area is 205 Å². The number of benzene rings is 3. The number of ether oxygens (including phenoxy) is 2. The van der Waals surface area contributed by atoms with Crippen molar-refractivity contribution in [1.82, 2.24) is 9.55 Å². The molecule has 0 bridgehead atoms. The monoisotopic (exact) mass is 499 g/mol. The summed E-state index contributed by atoms with van der Waals surface area (Å²) in [6, 6.07) is 18.3. The van der Waals surface area contributed by atoms with Gasteiger partial charge in [0.25, 0.3) is 0 Å². The molecule has 188 valence electrons. The van der Waals surface area contributed by atoms with Crippen LogP contribution in [0.1, 0.15) is 30.5 Å². The highest BCUT2D eigenvalue weighted by Crippen LogP contribution is 2.35. The second-order valence-corrected chi connectivity index (χ2v) is 8.14. The van der Waals surface area contributed by atoms with Gasteiger partial charge in [-0.1, -0.05) is 24.3 Å². The first-order chi connectivity index (χ1) is 17.1. The van der Waals surface area contributed by atoms with Gasteiger partial charge < -0.3 is 24.5 Å². The van der Waals surface area contributed by atoms with Gasteiger partial charge >= 0.3 is 12.3 Å². The summed E-state index contributed by atoms with van der Waals surface area (Å²) in [5.41, 5.74) is 3.71. The van der Waals surface area contributed by atoms with Crippen LogP contribution >= 0.6 is 0 Å². The van der Waals surface area contributed by atoms with Crippen LogP contribution in [0.5, 0.6) is 11.5 Å². The number of nitrogens with zero attached hydrogens (tertiary/aromatic N) is 2. The molecule has 4 aromatic rings. The Morgan fingerprint density at radius 1 is 1.11 bits per heavy atom. The lowest BCUT2D eigenvalue weighted by molar-refractivity contribution is -0.274. The van der Waals surface area contributed by atoms with Gasteiger partial charge in [0.2, 0.25) is 5.95 Å². The van der Waals surface area contributed by atoms with Crippen LogP contribution in [0.4, 0.5) is 24.8 Å². The molecular weight excluding hydrogens is 475 g/mol. The lowest BCUT2D eigenvalue weighted by atomic mass is 10.1. The number of alkyl halides is 3. The molecule has 10 heteroatoms. The minimum atomic E-state index is -4.77. The van der Waals surface area contributed by atoms with Gasteiger partial charge in [-0.3, -0.25) is 4.79 Å². The van der Waals surface area contributed by atoms with E-state index < -0.39 is 12.3 Å². The number of imidazole rings is 1. The molecule has 1 heterocycles. The number of fused-ring (bicyclic) bond motifs is 1. The molecule has 2 N–H and O–H groups in total. The maximum atomic E-state index is 12.5. The average molecular weight is 499 g/mol. The summed E-state index contributed by atoms with van der Waals surface area (Å²) in [6.45, 7) is 1.99. The molecule has 36 heavy (non-hydrogen) atoms. The molecule has 0 saturated carbocycles. The molecule has 1 aromatic heterocycles. The number of carbonyl (C=O) groups is 1. The van der Waals surface area contributed by atoms with Gasteiger partial charge in [0.15, 0.2) is 0 Å². The molecule has 0 amide bonds. The molecular formula is C26H24F3N3O4. The number of methoxy groups -OCH3 is 1. The predicted octanol–water partition coefficient (Wildman–Crippen LogP) is 6.31. The van der Waals surface area contributed by atoms with Crippen LogP contribution in [0, 0.1) is 0 Å². The maximum Gasteiger partial charge on any atom is 0.573 e. The van der Waals surface area contributed by atoms with E-state index in [2.05, 4.69) is 10.1 Å². The molecule has 3 aromatic carbocycles. The molecule has 1 atom stereocenters. The Morgan fingerprint density at radius 3 is 2.50 bits per heavy atom. The van der Waals surface area contributed by atoms with E-state index >= 15 is 0 Å². The Bertz CT molecular complexity index is 1370. The summed E-state index contributed by atoms with van der Waals surface area (Å²) in [6.07, 6.45) is -4.41. The number of rotatable bonds is 9. The molecule has 0 fully saturated rings. The number of carboxylic acid groups (broad SMARTS) is 1. The first-order valence-corrected chi connectivity index (χ1v) is 11.1. The zero-order chi connectivity index (χ0) is 25.9. The summed E-state index contributed by atoms with van der Waals surface area (Å²) >= 11 is 0. The van der Waals surface area contributed by atoms with Crippen LogP contribution in [0.25, 0.3) is 11.0 Å². The first-order valence-electron chi connectivity index (χ1n) is 11.1. The number of anilines is 2. The standard InChI is InChI=1S/C26H24F3N3O4/c1-16(20-5-3-4-6-23(20)35-2)32-22-13-7-17(8-14-24(33)34)15-21(22)31-25(32)30-18-9-11-19(12-10-18)36-26(27,28)29/h3-7,9-13,15-16H,8,14H2,1-2H3,(H,30,31)(H,33,34)/t16-/m1/s1. The smallest absolute Gasteiger partial charge is 0.496 e. The van der Waals surface area contributed by atoms with Crippen molar-refractivity contribution in [2.75, 3.05) is 12.4 Å². The molecule has 4 rings (SSSR count). The summed E-state index contributed by atoms with van der Waals surface area (Å²) < 4.78 is 49.0. The Balaban J connectivity index is 1.74. The van der Waals surface area contributed by atoms with Crippen LogP contribution in [0.3, 0.4) is 0 Å². The number of carboxylic acids is 1. The number of hydrogen-bond acceptors (Lipinski definition) is 5. The van der Waals surface area contributed by atoms with Gasteiger partial charge in [-0.15, -0.1) is 13.2 Å². The molecule has 0 unspecified atom stereocenters. The number of aryl methyl sites for hydroxylation is 1. The Kier molecular flexibility index (Phi) is 7.05. The van der Waals surface area contributed by atoms with Crippen LogP contribution in [-0.2, 0) is 11.2 Å². The highest BCUT2D eigenvalue weighted by Gasteiger charge is 2.31. The van der Waals surface area contributed by atoms with Gasteiger partial charge in [-0.25, -0.2) is 4.98 Å². The minimum absolute atomic E-state index is 0.00127. The third-order valence-corrected chi connectivity index (χ3v) is 5.70. The molecule has 0 aliphatic carbocycles. The Hall–Kier alpha value is -4.21. The molecule has 7 nitrogen and oxygen atoms in total. The van der Waals surface area contributed by atoms with Crippen molar-refractivity contribution in [1.29, 1.82) is 0 Å². The maximum absolute atomic E-state index is 12.5. The highest BCUT2D eigenvalue weighted by molar-refractivity contribution is 5.81. The van der Waals surface area contributed by atoms with Gasteiger partial charge in [0, 0.05) is 17.7 Å². The van der Waals surface area contributed by atoms with E-state index in [-0.39, 0.29) is 18.2 Å². The lowest BCUT2D eigenvalue weighted by Gasteiger charge is -2.21. The van der Waals surface area contributed by atoms with Crippen molar-refractivity contribution in [3.8, 4) is 11.5 Å². The van der Waals surface area contributed by atoms with Crippen LogP contribution < -0.4 is 14.8 Å². The minimum Gasteiger partial charge on any atom is -0.496 e. The predicted molar refractivity (Wildman–Crippen MR) is 129 cm³/mol. The SMILES string of the molecule is COc1ccccc1[C@@H](C)n1c(Nc2ccc(OC(F)(F)F)cc2)nc2cc(CCC(=O)O)ccc21. The van der Waals surface area contributed by atoms with Crippen molar-refractivity contribution in [3.63, 3.8) is 0 Å². The van der Waals surface area contributed by atoms with Crippen LogP contribution in [0.15, 0.2) is 66.7 Å². The van der Waals surface area contributed by atoms with Crippen molar-refractivity contribution < 1.29 is 32.5 Å². The van der Waals surface area contributed by atoms with E-state index in [9.17, 15) is 18.0 Å². The zero-order valence-corrected chi connectivity index (χ0v) is 19.5. The Morgan fingerprint density at radius 2 is 1.83 bits per heavy atom. The highest BCUT2D eigenvalue weighted by atomic mass is 19.4. The fraction of sp³-hybridized carbons (Fsp3) is 0.231. The van der Waals surface area contributed by atoms with E-state index in [1.807, 2.05) is 54.0 Å². The number of halogens is 3. The van der Waals surface area contributed by atoms with E-state index in [1.54, 1.807) is 7.11 Å². The van der Waals surface area contributed by atoms with Crippen molar-refractivity contribution >= 4 is 28.6 Å². The molecule has 0 radical (unpaired) electrons. The molecule has 0 aliphatic heterocycles. The van der Waals surface area contributed by atoms with Gasteiger partial charge in [-0.05, 0) is 61.4 Å². The average Bonchev–Trinajstić information content (AvgIpc) is 3.19. The number of aromatic nitrogens is 2. The van der Waals surface area contributed by atoms with E-state index in [1.165, 1.54) is 24.3 Å². The first kappa shape index (κ1) is 24.9. The van der Waals surface area contributed by atoms with E-state index in [4.69, 9.17) is 14.8 Å². The van der Waals surface area contributed by atoms with Crippen molar-refractivity contribution in [2.45, 2.75) is 32.2 Å². The second-order valence-electron chi connectivity index (χ2n) is 8.14. The van der Waals surface area contributed by atoms with Crippen LogP contribution in [-0.4, -0.2) is 34.1 Å². The fourth-order valence-electron chi connectivity index (χ4n) is 4.05. The number of nitrogens with one attached hydrogen (secondary N) is 1. The van der Waals surface area contributed by atoms with Gasteiger partial charge in [0.05, 0.1) is 24.2 Å². The number of aliphatic carboxylic acids is 1. The second kappa shape index (κ2) is 10.2. The largest absolute Gasteiger partial charge is 0.573 e. The van der Waals surface area contributed by atoms with Gasteiger partial charge in [-0.2, -0.15) is 0 Å². The third-order valence-electron chi connectivity index (χ3n) is 5.70. The van der Waals surface area contributed by atoms with Gasteiger partial charge in [0.1, 0.15) is 11.5 Å². The zero-order valence-electron chi connectivity index (χ0n) is 19.5. The summed E-state index contributed by atoms with van der Waals surface area (Å²) in [5, 5.41) is 12.2. The van der Waals surface area contributed by atoms with E-state index in [0.717, 1.165) is 16.6 Å². The fourth-order valence-corrected chi connectivity index (χ4v) is 4.05. The lowest BCUT2D eigenvalue weighted by Crippen LogP contribution is -2.17. The third kappa shape index (κ3) is 5.70. The summed E-state index contributed by atoms with van der Waals surface area (Å²) in [4.78, 5) is 15.7. The summed E-state index contributed by atoms with van der Waals surface area (Å²) in [7, 11) is 1.59. The summed E-state index contributed by atoms with van der Waals surface area (Å²) in [5.74, 6) is -0.0504. The molecule has 0 aliphatic rings. The van der Waals surface area contributed by atoms with E-state index in [0.29, 0.717) is 29.3 Å². The quantitative estimate of drug-likeness (QED) is 0.281. The van der Waals surface area contributed by atoms with Crippen LogP contribution in [0.2, 0.25) is 0 Å². The number of hydrogen-bond donors (Lipinski definition) is 2. The molecule has 0 saturated heterocycles. The molecule has 0 spiro atoms. The topological polar surface area (TPSA) is 85.6 Å². The normalized spacial score (nSPS) is 12.4. The number of para-hydroxylation sites is 1. The van der Waals surface area contributed by atoms with Crippen molar-refractivity contribution in [3.05, 3.63) is 77.9 Å².